The second-order valence-corrected chi connectivity index (χ2v) is 5.94. The molecule has 0 amide bonds. The fourth-order valence-electron chi connectivity index (χ4n) is 3.10. The lowest BCUT2D eigenvalue weighted by molar-refractivity contribution is 0.231. The topological polar surface area (TPSA) is 25.2 Å². The highest BCUT2D eigenvalue weighted by Crippen LogP contribution is 2.37. The van der Waals surface area contributed by atoms with E-state index >= 15 is 0 Å². The van der Waals surface area contributed by atoms with E-state index in [-0.39, 0.29) is 0 Å². The molecule has 1 aliphatic rings. The smallest absolute Gasteiger partial charge is 0.101 e. The Morgan fingerprint density at radius 1 is 1.33 bits per heavy atom. The summed E-state index contributed by atoms with van der Waals surface area (Å²) in [5.41, 5.74) is 1.35. The van der Waals surface area contributed by atoms with Gasteiger partial charge in [-0.2, -0.15) is 0 Å². The second-order valence-electron chi connectivity index (χ2n) is 5.94. The third kappa shape index (κ3) is 3.38. The van der Waals surface area contributed by atoms with Gasteiger partial charge >= 0.3 is 0 Å². The molecule has 0 spiro atoms. The summed E-state index contributed by atoms with van der Waals surface area (Å²) in [7, 11) is 0. The van der Waals surface area contributed by atoms with E-state index < -0.39 is 0 Å². The number of aryl methyl sites for hydroxylation is 1. The largest absolute Gasteiger partial charge is 0.469 e. The van der Waals surface area contributed by atoms with Crippen LogP contribution in [0.5, 0.6) is 0 Å². The fourth-order valence-corrected chi connectivity index (χ4v) is 3.10. The number of furan rings is 1. The molecule has 102 valence electrons. The van der Waals surface area contributed by atoms with Crippen molar-refractivity contribution in [1.29, 1.82) is 0 Å². The molecule has 1 saturated carbocycles. The van der Waals surface area contributed by atoms with Crippen molar-refractivity contribution in [2.75, 3.05) is 6.54 Å². The Bertz CT molecular complexity index is 350. The number of nitrogens with one attached hydrogen (secondary N) is 1. The predicted octanol–water partition coefficient (Wildman–Crippen LogP) is 4.46. The van der Waals surface area contributed by atoms with E-state index in [0.717, 1.165) is 24.1 Å². The lowest BCUT2D eigenvalue weighted by Crippen LogP contribution is -2.31. The molecule has 1 N–H and O–H groups in total. The fraction of sp³-hybridized carbons (Fsp3) is 0.750. The zero-order valence-electron chi connectivity index (χ0n) is 12.0. The quantitative estimate of drug-likeness (QED) is 0.833. The van der Waals surface area contributed by atoms with E-state index in [0.29, 0.717) is 6.04 Å². The van der Waals surface area contributed by atoms with Gasteiger partial charge in [-0.25, -0.2) is 0 Å². The first-order valence-electron chi connectivity index (χ1n) is 7.49. The summed E-state index contributed by atoms with van der Waals surface area (Å²) in [6.07, 6.45) is 8.61. The maximum Gasteiger partial charge on any atom is 0.101 e. The van der Waals surface area contributed by atoms with Crippen LogP contribution < -0.4 is 5.32 Å². The highest BCUT2D eigenvalue weighted by Gasteiger charge is 2.27. The van der Waals surface area contributed by atoms with E-state index in [1.54, 1.807) is 0 Å². The third-order valence-corrected chi connectivity index (χ3v) is 4.26. The molecular formula is C16H27NO. The van der Waals surface area contributed by atoms with E-state index in [2.05, 4.69) is 25.2 Å². The molecule has 1 atom stereocenters. The van der Waals surface area contributed by atoms with Gasteiger partial charge in [0, 0.05) is 11.6 Å². The first-order chi connectivity index (χ1) is 8.70. The number of hydrogen-bond donors (Lipinski definition) is 1. The molecule has 1 aromatic rings. The van der Waals surface area contributed by atoms with Gasteiger partial charge in [-0.15, -0.1) is 0 Å². The summed E-state index contributed by atoms with van der Waals surface area (Å²) in [4.78, 5) is 0. The molecule has 0 saturated heterocycles. The van der Waals surface area contributed by atoms with Crippen molar-refractivity contribution in [2.24, 2.45) is 11.8 Å². The molecule has 1 aromatic heterocycles. The van der Waals surface area contributed by atoms with Crippen molar-refractivity contribution in [1.82, 2.24) is 5.32 Å². The summed E-state index contributed by atoms with van der Waals surface area (Å²) < 4.78 is 5.50. The Hall–Kier alpha value is -0.760. The Morgan fingerprint density at radius 3 is 2.61 bits per heavy atom. The van der Waals surface area contributed by atoms with Crippen molar-refractivity contribution in [3.63, 3.8) is 0 Å². The monoisotopic (exact) mass is 249 g/mol. The van der Waals surface area contributed by atoms with Crippen LogP contribution in [0.15, 0.2) is 16.7 Å². The third-order valence-electron chi connectivity index (χ3n) is 4.26. The van der Waals surface area contributed by atoms with Crippen LogP contribution in [-0.4, -0.2) is 6.54 Å². The zero-order valence-corrected chi connectivity index (χ0v) is 12.0. The van der Waals surface area contributed by atoms with E-state index in [4.69, 9.17) is 4.42 Å². The van der Waals surface area contributed by atoms with Crippen LogP contribution in [0.25, 0.3) is 0 Å². The van der Waals surface area contributed by atoms with Gasteiger partial charge in [0.25, 0.3) is 0 Å². The maximum absolute atomic E-state index is 5.50. The number of hydrogen-bond acceptors (Lipinski definition) is 2. The molecule has 2 heteroatoms. The van der Waals surface area contributed by atoms with Crippen molar-refractivity contribution < 1.29 is 4.42 Å². The van der Waals surface area contributed by atoms with Crippen LogP contribution >= 0.6 is 0 Å². The molecule has 1 aliphatic carbocycles. The Labute approximate surface area is 111 Å². The minimum atomic E-state index is 0.495. The first kappa shape index (κ1) is 13.7. The van der Waals surface area contributed by atoms with Gasteiger partial charge in [0.05, 0.1) is 6.26 Å². The van der Waals surface area contributed by atoms with Gasteiger partial charge in [0.15, 0.2) is 0 Å². The van der Waals surface area contributed by atoms with Crippen LogP contribution in [0, 0.1) is 18.8 Å². The molecule has 2 nitrogen and oxygen atoms in total. The van der Waals surface area contributed by atoms with E-state index in [1.165, 1.54) is 37.7 Å². The van der Waals surface area contributed by atoms with Crippen molar-refractivity contribution in [3.05, 3.63) is 23.7 Å². The van der Waals surface area contributed by atoms with Crippen molar-refractivity contribution in [3.8, 4) is 0 Å². The van der Waals surface area contributed by atoms with Crippen LogP contribution in [-0.2, 0) is 0 Å². The molecule has 1 fully saturated rings. The van der Waals surface area contributed by atoms with E-state index in [1.807, 2.05) is 13.2 Å². The molecule has 2 rings (SSSR count). The highest BCUT2D eigenvalue weighted by atomic mass is 16.3. The van der Waals surface area contributed by atoms with Gasteiger partial charge < -0.3 is 9.73 Å². The summed E-state index contributed by atoms with van der Waals surface area (Å²) in [6, 6.07) is 2.70. The minimum absolute atomic E-state index is 0.495. The van der Waals surface area contributed by atoms with Crippen LogP contribution in [0.4, 0.5) is 0 Å². The van der Waals surface area contributed by atoms with Gasteiger partial charge in [0.1, 0.15) is 5.76 Å². The molecule has 0 aromatic carbocycles. The van der Waals surface area contributed by atoms with Crippen molar-refractivity contribution >= 4 is 0 Å². The zero-order chi connectivity index (χ0) is 13.0. The lowest BCUT2D eigenvalue weighted by atomic mass is 9.77. The average molecular weight is 249 g/mol. The average Bonchev–Trinajstić information content (AvgIpc) is 2.78. The first-order valence-corrected chi connectivity index (χ1v) is 7.49. The van der Waals surface area contributed by atoms with Crippen LogP contribution in [0.2, 0.25) is 0 Å². The Kier molecular flexibility index (Phi) is 4.87. The second kappa shape index (κ2) is 6.42. The lowest BCUT2D eigenvalue weighted by Gasteiger charge is -2.33. The molecule has 18 heavy (non-hydrogen) atoms. The predicted molar refractivity (Wildman–Crippen MR) is 75.6 cm³/mol. The highest BCUT2D eigenvalue weighted by molar-refractivity contribution is 5.17. The summed E-state index contributed by atoms with van der Waals surface area (Å²) in [5.74, 6) is 2.72. The van der Waals surface area contributed by atoms with Gasteiger partial charge in [-0.05, 0) is 50.6 Å². The molecule has 0 radical (unpaired) electrons. The minimum Gasteiger partial charge on any atom is -0.469 e. The standard InChI is InChI=1S/C16H27NO/c1-4-9-17-16(15-10-13(3)18-11-15)14-7-5-12(2)6-8-14/h10-12,14,16-17H,4-9H2,1-3H3. The normalized spacial score (nSPS) is 26.2. The van der Waals surface area contributed by atoms with Gasteiger partial charge in [-0.1, -0.05) is 26.7 Å². The summed E-state index contributed by atoms with van der Waals surface area (Å²) in [5, 5.41) is 3.72. The van der Waals surface area contributed by atoms with Crippen LogP contribution in [0.3, 0.4) is 0 Å². The molecule has 0 bridgehead atoms. The molecule has 1 unspecified atom stereocenters. The SMILES string of the molecule is CCCNC(c1coc(C)c1)C1CCC(C)CC1. The van der Waals surface area contributed by atoms with Crippen LogP contribution in [0.1, 0.15) is 63.3 Å². The van der Waals surface area contributed by atoms with E-state index in [9.17, 15) is 0 Å². The maximum atomic E-state index is 5.50. The van der Waals surface area contributed by atoms with Gasteiger partial charge in [-0.3, -0.25) is 0 Å². The molecule has 0 aliphatic heterocycles. The molecular weight excluding hydrogens is 222 g/mol. The Balaban J connectivity index is 2.04. The van der Waals surface area contributed by atoms with Crippen molar-refractivity contribution in [2.45, 2.75) is 58.9 Å². The Morgan fingerprint density at radius 2 is 2.06 bits per heavy atom. The summed E-state index contributed by atoms with van der Waals surface area (Å²) in [6.45, 7) is 7.74. The van der Waals surface area contributed by atoms with Gasteiger partial charge in [0.2, 0.25) is 0 Å². The summed E-state index contributed by atoms with van der Waals surface area (Å²) >= 11 is 0. The molecule has 1 heterocycles. The number of rotatable bonds is 5.